The molecule has 1 saturated heterocycles. The number of nitrogens with two attached hydrogens (primary N) is 1. The maximum Gasteiger partial charge on any atom is 0.410 e. The Morgan fingerprint density at radius 1 is 1.38 bits per heavy atom. The summed E-state index contributed by atoms with van der Waals surface area (Å²) in [6.07, 6.45) is 1.56. The lowest BCUT2D eigenvalue weighted by Crippen LogP contribution is -2.52. The van der Waals surface area contributed by atoms with Gasteiger partial charge in [-0.3, -0.25) is 15.0 Å². The van der Waals surface area contributed by atoms with Crippen LogP contribution >= 0.6 is 0 Å². The summed E-state index contributed by atoms with van der Waals surface area (Å²) in [6, 6.07) is -1.28. The first-order chi connectivity index (χ1) is 11.0. The highest BCUT2D eigenvalue weighted by Gasteiger charge is 2.29. The summed E-state index contributed by atoms with van der Waals surface area (Å²) in [5.41, 5.74) is 4.47. The van der Waals surface area contributed by atoms with Crippen LogP contribution in [0.15, 0.2) is 0 Å². The van der Waals surface area contributed by atoms with E-state index in [0.29, 0.717) is 13.1 Å². The number of primary amides is 1. The molecule has 138 valence electrons. The Morgan fingerprint density at radius 2 is 2.00 bits per heavy atom. The minimum absolute atomic E-state index is 0.250. The van der Waals surface area contributed by atoms with Crippen molar-refractivity contribution < 1.29 is 19.1 Å². The highest BCUT2D eigenvalue weighted by atomic mass is 16.6. The van der Waals surface area contributed by atoms with Crippen LogP contribution in [0, 0.1) is 5.92 Å². The Balaban J connectivity index is 2.55. The SMILES string of the molecule is C[C@@H](C(=O)NC(N)=O)N1CCC[C@H](CN(C)C(=O)OC(C)(C)C)C1. The highest BCUT2D eigenvalue weighted by Crippen LogP contribution is 2.20. The van der Waals surface area contributed by atoms with Gasteiger partial charge >= 0.3 is 12.1 Å². The summed E-state index contributed by atoms with van der Waals surface area (Å²) < 4.78 is 5.36. The van der Waals surface area contributed by atoms with Crippen LogP contribution in [-0.2, 0) is 9.53 Å². The molecule has 4 amide bonds. The number of nitrogens with one attached hydrogen (secondary N) is 1. The van der Waals surface area contributed by atoms with Crippen molar-refractivity contribution in [2.24, 2.45) is 11.7 Å². The van der Waals surface area contributed by atoms with Crippen molar-refractivity contribution in [1.82, 2.24) is 15.1 Å². The van der Waals surface area contributed by atoms with E-state index in [1.807, 2.05) is 25.7 Å². The molecule has 8 nitrogen and oxygen atoms in total. The molecule has 1 aliphatic rings. The van der Waals surface area contributed by atoms with E-state index >= 15 is 0 Å². The van der Waals surface area contributed by atoms with Gasteiger partial charge in [0.2, 0.25) is 5.91 Å². The third-order valence-electron chi connectivity index (χ3n) is 3.96. The van der Waals surface area contributed by atoms with Crippen LogP contribution in [0.2, 0.25) is 0 Å². The zero-order valence-corrected chi connectivity index (χ0v) is 15.3. The van der Waals surface area contributed by atoms with E-state index < -0.39 is 23.6 Å². The van der Waals surface area contributed by atoms with E-state index in [0.717, 1.165) is 19.4 Å². The number of rotatable bonds is 4. The van der Waals surface area contributed by atoms with Crippen LogP contribution in [-0.4, -0.2) is 66.2 Å². The average Bonchev–Trinajstić information content (AvgIpc) is 2.44. The van der Waals surface area contributed by atoms with E-state index in [4.69, 9.17) is 10.5 Å². The number of nitrogens with zero attached hydrogens (tertiary/aromatic N) is 2. The number of piperidine rings is 1. The van der Waals surface area contributed by atoms with Gasteiger partial charge in [-0.2, -0.15) is 0 Å². The number of ether oxygens (including phenoxy) is 1. The number of urea groups is 1. The fourth-order valence-corrected chi connectivity index (χ4v) is 2.79. The predicted molar refractivity (Wildman–Crippen MR) is 90.3 cm³/mol. The lowest BCUT2D eigenvalue weighted by atomic mass is 9.96. The summed E-state index contributed by atoms with van der Waals surface area (Å²) in [5, 5.41) is 2.11. The second-order valence-electron chi connectivity index (χ2n) is 7.39. The minimum atomic E-state index is -0.843. The van der Waals surface area contributed by atoms with Gasteiger partial charge in [-0.15, -0.1) is 0 Å². The number of hydrogen-bond donors (Lipinski definition) is 2. The van der Waals surface area contributed by atoms with Crippen molar-refractivity contribution in [3.63, 3.8) is 0 Å². The molecule has 1 rings (SSSR count). The fourth-order valence-electron chi connectivity index (χ4n) is 2.79. The second kappa shape index (κ2) is 8.32. The predicted octanol–water partition coefficient (Wildman–Crippen LogP) is 1.15. The summed E-state index contributed by atoms with van der Waals surface area (Å²) in [7, 11) is 1.72. The third kappa shape index (κ3) is 6.74. The Labute approximate surface area is 143 Å². The molecule has 1 aliphatic heterocycles. The minimum Gasteiger partial charge on any atom is -0.444 e. The lowest BCUT2D eigenvalue weighted by Gasteiger charge is -2.37. The first-order valence-electron chi connectivity index (χ1n) is 8.28. The van der Waals surface area contributed by atoms with Gasteiger partial charge in [-0.05, 0) is 53.0 Å². The van der Waals surface area contributed by atoms with Crippen molar-refractivity contribution in [2.75, 3.05) is 26.7 Å². The number of carbonyl (C=O) groups excluding carboxylic acids is 3. The first kappa shape index (κ1) is 20.2. The van der Waals surface area contributed by atoms with Crippen LogP contribution in [0.3, 0.4) is 0 Å². The number of likely N-dealkylation sites (tertiary alicyclic amines) is 1. The second-order valence-corrected chi connectivity index (χ2v) is 7.39. The Hall–Kier alpha value is -1.83. The van der Waals surface area contributed by atoms with Crippen molar-refractivity contribution >= 4 is 18.0 Å². The van der Waals surface area contributed by atoms with Crippen LogP contribution in [0.1, 0.15) is 40.5 Å². The molecule has 0 spiro atoms. The summed E-state index contributed by atoms with van der Waals surface area (Å²) in [6.45, 7) is 9.27. The van der Waals surface area contributed by atoms with Gasteiger partial charge in [0.05, 0.1) is 6.04 Å². The lowest BCUT2D eigenvalue weighted by molar-refractivity contribution is -0.125. The van der Waals surface area contributed by atoms with Crippen LogP contribution in [0.4, 0.5) is 9.59 Å². The van der Waals surface area contributed by atoms with Gasteiger partial charge in [0.1, 0.15) is 5.60 Å². The molecule has 0 unspecified atom stereocenters. The number of amides is 4. The smallest absolute Gasteiger partial charge is 0.410 e. The largest absolute Gasteiger partial charge is 0.444 e. The topological polar surface area (TPSA) is 105 Å². The van der Waals surface area contributed by atoms with E-state index in [-0.39, 0.29) is 12.0 Å². The van der Waals surface area contributed by atoms with E-state index in [1.54, 1.807) is 18.9 Å². The molecule has 0 aromatic carbocycles. The van der Waals surface area contributed by atoms with Crippen molar-refractivity contribution in [1.29, 1.82) is 0 Å². The van der Waals surface area contributed by atoms with Crippen LogP contribution in [0.5, 0.6) is 0 Å². The molecule has 0 aromatic heterocycles. The van der Waals surface area contributed by atoms with E-state index in [1.165, 1.54) is 0 Å². The molecular weight excluding hydrogens is 312 g/mol. The van der Waals surface area contributed by atoms with Gasteiger partial charge in [0.15, 0.2) is 0 Å². The summed E-state index contributed by atoms with van der Waals surface area (Å²) in [5.74, 6) is -0.149. The molecule has 0 saturated carbocycles. The van der Waals surface area contributed by atoms with E-state index in [9.17, 15) is 14.4 Å². The average molecular weight is 342 g/mol. The maximum absolute atomic E-state index is 12.1. The van der Waals surface area contributed by atoms with Gasteiger partial charge < -0.3 is 15.4 Å². The van der Waals surface area contributed by atoms with E-state index in [2.05, 4.69) is 5.32 Å². The van der Waals surface area contributed by atoms with Gasteiger partial charge in [-0.1, -0.05) is 0 Å². The van der Waals surface area contributed by atoms with Gasteiger partial charge in [0.25, 0.3) is 0 Å². The molecule has 3 N–H and O–H groups in total. The molecule has 1 fully saturated rings. The quantitative estimate of drug-likeness (QED) is 0.797. The third-order valence-corrected chi connectivity index (χ3v) is 3.96. The normalized spacial score (nSPS) is 20.1. The Morgan fingerprint density at radius 3 is 2.54 bits per heavy atom. The van der Waals surface area contributed by atoms with Crippen molar-refractivity contribution in [3.8, 4) is 0 Å². The molecule has 24 heavy (non-hydrogen) atoms. The fraction of sp³-hybridized carbons (Fsp3) is 0.812. The number of imide groups is 1. The number of hydrogen-bond acceptors (Lipinski definition) is 5. The molecule has 0 aromatic rings. The molecule has 1 heterocycles. The maximum atomic E-state index is 12.1. The van der Waals surface area contributed by atoms with Crippen LogP contribution < -0.4 is 11.1 Å². The van der Waals surface area contributed by atoms with Crippen LogP contribution in [0.25, 0.3) is 0 Å². The highest BCUT2D eigenvalue weighted by molar-refractivity contribution is 5.96. The monoisotopic (exact) mass is 342 g/mol. The summed E-state index contributed by atoms with van der Waals surface area (Å²) in [4.78, 5) is 38.4. The Kier molecular flexibility index (Phi) is 7.01. The molecule has 0 aliphatic carbocycles. The van der Waals surface area contributed by atoms with Gasteiger partial charge in [0, 0.05) is 20.1 Å². The van der Waals surface area contributed by atoms with Crippen molar-refractivity contribution in [2.45, 2.75) is 52.2 Å². The summed E-state index contributed by atoms with van der Waals surface area (Å²) >= 11 is 0. The first-order valence-corrected chi connectivity index (χ1v) is 8.28. The molecular formula is C16H30N4O4. The molecule has 0 radical (unpaired) electrons. The Bertz CT molecular complexity index is 475. The molecule has 2 atom stereocenters. The molecule has 8 heteroatoms. The van der Waals surface area contributed by atoms with Crippen molar-refractivity contribution in [3.05, 3.63) is 0 Å². The van der Waals surface area contributed by atoms with Gasteiger partial charge in [-0.25, -0.2) is 9.59 Å². The zero-order valence-electron chi connectivity index (χ0n) is 15.3. The zero-order chi connectivity index (χ0) is 18.5. The standard InChI is InChI=1S/C16H30N4O4/c1-11(13(21)18-14(17)22)20-8-6-7-12(10-20)9-19(5)15(23)24-16(2,3)4/h11-12H,6-10H2,1-5H3,(H3,17,18,21,22)/t11-,12+/m0/s1. The number of carbonyl (C=O) groups is 3. The molecule has 0 bridgehead atoms.